The van der Waals surface area contributed by atoms with E-state index in [1.54, 1.807) is 20.9 Å². The van der Waals surface area contributed by atoms with E-state index >= 15 is 0 Å². The van der Waals surface area contributed by atoms with Crippen molar-refractivity contribution in [2.45, 2.75) is 26.3 Å². The smallest absolute Gasteiger partial charge is 0.227 e. The molecule has 102 valence electrons. The van der Waals surface area contributed by atoms with E-state index in [-0.39, 0.29) is 23.5 Å². The third kappa shape index (κ3) is 4.42. The van der Waals surface area contributed by atoms with Crippen LogP contribution in [0.15, 0.2) is 17.5 Å². The number of nitrogens with zero attached hydrogens (tertiary/aromatic N) is 1. The monoisotopic (exact) mass is 289 g/mol. The minimum absolute atomic E-state index is 0.0240. The average Bonchev–Trinajstić information content (AvgIpc) is 2.80. The van der Waals surface area contributed by atoms with E-state index in [0.29, 0.717) is 6.42 Å². The predicted octanol–water partition coefficient (Wildman–Crippen LogP) is 1.57. The van der Waals surface area contributed by atoms with Crippen LogP contribution in [0.1, 0.15) is 18.7 Å². The van der Waals surface area contributed by atoms with E-state index in [1.165, 1.54) is 16.2 Å². The van der Waals surface area contributed by atoms with Gasteiger partial charge in [-0.15, -0.1) is 11.3 Å². The van der Waals surface area contributed by atoms with Crippen LogP contribution < -0.4 is 0 Å². The van der Waals surface area contributed by atoms with Crippen molar-refractivity contribution in [2.24, 2.45) is 0 Å². The van der Waals surface area contributed by atoms with Crippen LogP contribution in [0, 0.1) is 0 Å². The van der Waals surface area contributed by atoms with Crippen LogP contribution in [0.2, 0.25) is 0 Å². The highest BCUT2D eigenvalue weighted by Crippen LogP contribution is 2.11. The van der Waals surface area contributed by atoms with E-state index in [2.05, 4.69) is 0 Å². The first-order chi connectivity index (χ1) is 8.35. The van der Waals surface area contributed by atoms with Gasteiger partial charge in [0.2, 0.25) is 5.91 Å². The summed E-state index contributed by atoms with van der Waals surface area (Å²) in [7, 11) is -1.39. The molecule has 0 aromatic carbocycles. The van der Waals surface area contributed by atoms with Crippen molar-refractivity contribution in [1.82, 2.24) is 4.90 Å². The van der Waals surface area contributed by atoms with Crippen LogP contribution in [0.4, 0.5) is 0 Å². The fourth-order valence-corrected chi connectivity index (χ4v) is 3.42. The minimum Gasteiger partial charge on any atom is -0.342 e. The number of rotatable bonds is 6. The number of hydrogen-bond donors (Lipinski definition) is 0. The zero-order chi connectivity index (χ0) is 13.8. The lowest BCUT2D eigenvalue weighted by molar-refractivity contribution is -0.130. The Morgan fingerprint density at radius 2 is 2.17 bits per heavy atom. The van der Waals surface area contributed by atoms with E-state index < -0.39 is 9.84 Å². The van der Waals surface area contributed by atoms with Crippen LogP contribution in [0.5, 0.6) is 0 Å². The van der Waals surface area contributed by atoms with Gasteiger partial charge in [0.05, 0.1) is 12.2 Å². The standard InChI is InChI=1S/C12H19NO3S2/c1-4-18(15,16)9-10(2)13(3)12(14)8-11-6-5-7-17-11/h5-7,10H,4,8-9H2,1-3H3/t10-/m0/s1. The normalized spacial score (nSPS) is 13.3. The molecule has 4 nitrogen and oxygen atoms in total. The molecule has 1 aromatic rings. The number of carbonyl (C=O) groups excluding carboxylic acids is 1. The molecular formula is C12H19NO3S2. The zero-order valence-electron chi connectivity index (χ0n) is 10.9. The second-order valence-corrected chi connectivity index (χ2v) is 7.74. The first-order valence-corrected chi connectivity index (χ1v) is 8.54. The summed E-state index contributed by atoms with van der Waals surface area (Å²) in [5, 5.41) is 1.92. The molecule has 0 saturated carbocycles. The van der Waals surface area contributed by atoms with Gasteiger partial charge >= 0.3 is 0 Å². The summed E-state index contributed by atoms with van der Waals surface area (Å²) < 4.78 is 23.0. The zero-order valence-corrected chi connectivity index (χ0v) is 12.6. The average molecular weight is 289 g/mol. The van der Waals surface area contributed by atoms with Crippen LogP contribution in [0.3, 0.4) is 0 Å². The van der Waals surface area contributed by atoms with Crippen LogP contribution in [-0.4, -0.2) is 43.8 Å². The lowest BCUT2D eigenvalue weighted by Crippen LogP contribution is -2.40. The van der Waals surface area contributed by atoms with Crippen LogP contribution in [-0.2, 0) is 21.1 Å². The molecule has 0 radical (unpaired) electrons. The number of hydrogen-bond acceptors (Lipinski definition) is 4. The Hall–Kier alpha value is -0.880. The number of likely N-dealkylation sites (N-methyl/N-ethyl adjacent to an activating group) is 1. The summed E-state index contributed by atoms with van der Waals surface area (Å²) in [4.78, 5) is 14.5. The summed E-state index contributed by atoms with van der Waals surface area (Å²) in [5.41, 5.74) is 0. The molecule has 0 aliphatic rings. The SMILES string of the molecule is CCS(=O)(=O)C[C@H](C)N(C)C(=O)Cc1cccs1. The van der Waals surface area contributed by atoms with Gasteiger partial charge < -0.3 is 4.90 Å². The molecule has 0 bridgehead atoms. The molecule has 0 unspecified atom stereocenters. The first-order valence-electron chi connectivity index (χ1n) is 5.84. The number of sulfone groups is 1. The molecule has 0 saturated heterocycles. The minimum atomic E-state index is -3.05. The Bertz CT molecular complexity index is 479. The molecule has 1 heterocycles. The highest BCUT2D eigenvalue weighted by Gasteiger charge is 2.21. The van der Waals surface area contributed by atoms with Crippen molar-refractivity contribution < 1.29 is 13.2 Å². The highest BCUT2D eigenvalue weighted by molar-refractivity contribution is 7.91. The number of amides is 1. The molecule has 0 fully saturated rings. The molecule has 0 spiro atoms. The lowest BCUT2D eigenvalue weighted by atomic mass is 10.2. The summed E-state index contributed by atoms with van der Waals surface area (Å²) in [6.45, 7) is 3.38. The van der Waals surface area contributed by atoms with Gasteiger partial charge in [0.15, 0.2) is 9.84 Å². The second-order valence-electron chi connectivity index (χ2n) is 4.31. The third-order valence-electron chi connectivity index (χ3n) is 2.90. The summed E-state index contributed by atoms with van der Waals surface area (Å²) in [6.07, 6.45) is 0.338. The summed E-state index contributed by atoms with van der Waals surface area (Å²) >= 11 is 1.53. The van der Waals surface area contributed by atoms with Crippen molar-refractivity contribution in [2.75, 3.05) is 18.6 Å². The Balaban J connectivity index is 2.58. The van der Waals surface area contributed by atoms with E-state index in [1.807, 2.05) is 17.5 Å². The Labute approximate surface area is 113 Å². The van der Waals surface area contributed by atoms with Crippen molar-refractivity contribution >= 4 is 27.1 Å². The van der Waals surface area contributed by atoms with E-state index in [4.69, 9.17) is 0 Å². The Morgan fingerprint density at radius 1 is 1.50 bits per heavy atom. The predicted molar refractivity (Wildman–Crippen MR) is 74.6 cm³/mol. The number of thiophene rings is 1. The molecular weight excluding hydrogens is 270 g/mol. The van der Waals surface area contributed by atoms with E-state index in [9.17, 15) is 13.2 Å². The van der Waals surface area contributed by atoms with Crippen molar-refractivity contribution in [3.8, 4) is 0 Å². The molecule has 18 heavy (non-hydrogen) atoms. The number of carbonyl (C=O) groups is 1. The third-order valence-corrected chi connectivity index (χ3v) is 5.64. The molecule has 1 aromatic heterocycles. The quantitative estimate of drug-likeness (QED) is 0.799. The maximum atomic E-state index is 12.0. The van der Waals surface area contributed by atoms with Crippen molar-refractivity contribution in [3.63, 3.8) is 0 Å². The summed E-state index contributed by atoms with van der Waals surface area (Å²) in [5.74, 6) is 0.0942. The van der Waals surface area contributed by atoms with Crippen molar-refractivity contribution in [1.29, 1.82) is 0 Å². The van der Waals surface area contributed by atoms with Gasteiger partial charge in [0.25, 0.3) is 0 Å². The fraction of sp³-hybridized carbons (Fsp3) is 0.583. The molecule has 1 rings (SSSR count). The molecule has 0 aliphatic heterocycles. The fourth-order valence-electron chi connectivity index (χ4n) is 1.53. The largest absolute Gasteiger partial charge is 0.342 e. The van der Waals surface area contributed by atoms with Gasteiger partial charge in [0, 0.05) is 23.7 Å². The van der Waals surface area contributed by atoms with Gasteiger partial charge in [-0.25, -0.2) is 8.42 Å². The maximum Gasteiger partial charge on any atom is 0.227 e. The first kappa shape index (κ1) is 15.2. The van der Waals surface area contributed by atoms with Gasteiger partial charge in [-0.05, 0) is 18.4 Å². The van der Waals surface area contributed by atoms with Crippen LogP contribution >= 0.6 is 11.3 Å². The lowest BCUT2D eigenvalue weighted by Gasteiger charge is -2.24. The maximum absolute atomic E-state index is 12.0. The molecule has 0 N–H and O–H groups in total. The highest BCUT2D eigenvalue weighted by atomic mass is 32.2. The molecule has 1 amide bonds. The van der Waals surface area contributed by atoms with Crippen molar-refractivity contribution in [3.05, 3.63) is 22.4 Å². The van der Waals surface area contributed by atoms with Gasteiger partial charge in [-0.3, -0.25) is 4.79 Å². The Kier molecular flexibility index (Phi) is 5.34. The molecule has 1 atom stereocenters. The second kappa shape index (κ2) is 6.33. The van der Waals surface area contributed by atoms with E-state index in [0.717, 1.165) is 4.88 Å². The van der Waals surface area contributed by atoms with Gasteiger partial charge in [0.1, 0.15) is 0 Å². The Morgan fingerprint density at radius 3 is 2.67 bits per heavy atom. The van der Waals surface area contributed by atoms with Gasteiger partial charge in [-0.1, -0.05) is 13.0 Å². The molecule has 6 heteroatoms. The topological polar surface area (TPSA) is 54.5 Å². The van der Waals surface area contributed by atoms with Crippen LogP contribution in [0.25, 0.3) is 0 Å². The van der Waals surface area contributed by atoms with Gasteiger partial charge in [-0.2, -0.15) is 0 Å². The summed E-state index contributed by atoms with van der Waals surface area (Å²) in [6, 6.07) is 3.52. The molecule has 0 aliphatic carbocycles.